The van der Waals surface area contributed by atoms with Gasteiger partial charge < -0.3 is 38.5 Å². The van der Waals surface area contributed by atoms with Crippen LogP contribution in [0, 0.1) is 0 Å². The second kappa shape index (κ2) is 9.44. The molecule has 1 fully saturated rings. The van der Waals surface area contributed by atoms with E-state index in [0.717, 1.165) is 7.11 Å². The van der Waals surface area contributed by atoms with E-state index in [9.17, 15) is 23.4 Å². The first-order valence-corrected chi connectivity index (χ1v) is 11.4. The van der Waals surface area contributed by atoms with Crippen molar-refractivity contribution >= 4 is 37.5 Å². The van der Waals surface area contributed by atoms with Crippen LogP contribution in [0.25, 0.3) is 0 Å². The Bertz CT molecular complexity index is 663. The molecule has 0 aliphatic carbocycles. The van der Waals surface area contributed by atoms with Crippen molar-refractivity contribution in [3.63, 3.8) is 0 Å². The number of hydrogen-bond acceptors (Lipinski definition) is 11. The third-order valence-electron chi connectivity index (χ3n) is 3.03. The molecule has 4 N–H and O–H groups in total. The topological polar surface area (TPSA) is 214 Å². The lowest BCUT2D eigenvalue weighted by Crippen LogP contribution is -2.40. The quantitative estimate of drug-likeness (QED) is 0.182. The smallest absolute Gasteiger partial charge is 0.438 e. The largest absolute Gasteiger partial charge is 0.508 e. The van der Waals surface area contributed by atoms with E-state index in [1.807, 2.05) is 0 Å². The predicted molar refractivity (Wildman–Crippen MR) is 85.1 cm³/mol. The normalized spacial score (nSPS) is 30.3. The van der Waals surface area contributed by atoms with Crippen molar-refractivity contribution in [3.8, 4) is 0 Å². The Kier molecular flexibility index (Phi) is 8.64. The number of rotatable bonds is 9. The summed E-state index contributed by atoms with van der Waals surface area (Å²) < 4.78 is 64.9. The summed E-state index contributed by atoms with van der Waals surface area (Å²) in [6.07, 6.45) is -4.19. The Morgan fingerprint density at radius 2 is 1.63 bits per heavy atom. The molecule has 1 saturated heterocycles. The van der Waals surface area contributed by atoms with Gasteiger partial charge >= 0.3 is 29.6 Å². The van der Waals surface area contributed by atoms with Crippen molar-refractivity contribution < 1.29 is 70.2 Å². The number of methoxy groups -OCH3 is 2. The molecular formula is C8H18BO15P3. The molecule has 0 radical (unpaired) electrons. The first kappa shape index (κ1) is 24.7. The molecule has 1 aliphatic heterocycles. The molecule has 27 heavy (non-hydrogen) atoms. The Hall–Kier alpha value is -0.335. The summed E-state index contributed by atoms with van der Waals surface area (Å²) in [6, 6.07) is -0.640. The first-order chi connectivity index (χ1) is 12.2. The maximum absolute atomic E-state index is 11.7. The van der Waals surface area contributed by atoms with E-state index in [1.165, 1.54) is 7.11 Å². The zero-order valence-electron chi connectivity index (χ0n) is 14.1. The molecule has 0 saturated carbocycles. The van der Waals surface area contributed by atoms with Crippen LogP contribution in [0.3, 0.4) is 0 Å². The van der Waals surface area contributed by atoms with Crippen LogP contribution in [0.15, 0.2) is 0 Å². The number of hydrogen-bond donors (Lipinski definition) is 4. The third-order valence-corrected chi connectivity index (χ3v) is 6.83. The van der Waals surface area contributed by atoms with Gasteiger partial charge in [0, 0.05) is 7.11 Å². The van der Waals surface area contributed by atoms with Crippen molar-refractivity contribution in [2.24, 2.45) is 0 Å². The molecule has 15 nitrogen and oxygen atoms in total. The molecule has 0 spiro atoms. The maximum Gasteiger partial charge on any atom is 0.508 e. The molecule has 6 atom stereocenters. The summed E-state index contributed by atoms with van der Waals surface area (Å²) in [7, 11) is -12.6. The number of phosphoric acid groups is 3. The highest BCUT2D eigenvalue weighted by Crippen LogP contribution is 2.66. The summed E-state index contributed by atoms with van der Waals surface area (Å²) in [4.78, 5) is 46.7. The zero-order valence-corrected chi connectivity index (χ0v) is 16.8. The van der Waals surface area contributed by atoms with Crippen LogP contribution >= 0.6 is 23.5 Å². The van der Waals surface area contributed by atoms with E-state index < -0.39 is 60.5 Å². The molecular weight excluding hydrogens is 440 g/mol. The molecule has 19 heteroatoms. The lowest BCUT2D eigenvalue weighted by molar-refractivity contribution is -0.0459. The van der Waals surface area contributed by atoms with E-state index in [1.54, 1.807) is 7.85 Å². The standard InChI is InChI=1S/C8H18BO15P3/c1-18-6-5(22-8(10)19-2)4(21-7(6)9)3-20-26(14,15)24-27(16,17)23-25(11,12)13/h4-7H,3,9H2,1-2H3,(H,14,15)(H,16,17)(H2,11,12,13). The molecule has 0 aromatic carbocycles. The van der Waals surface area contributed by atoms with Gasteiger partial charge in [-0.2, -0.15) is 8.62 Å². The molecule has 0 bridgehead atoms. The summed E-state index contributed by atoms with van der Waals surface area (Å²) in [5, 5.41) is 0. The van der Waals surface area contributed by atoms with Crippen molar-refractivity contribution in [1.82, 2.24) is 0 Å². The predicted octanol–water partition coefficient (Wildman–Crippen LogP) is -1.15. The monoisotopic (exact) mass is 458 g/mol. The summed E-state index contributed by atoms with van der Waals surface area (Å²) >= 11 is 0. The highest BCUT2D eigenvalue weighted by Gasteiger charge is 2.47. The van der Waals surface area contributed by atoms with Gasteiger partial charge in [0.15, 0.2) is 6.10 Å². The average Bonchev–Trinajstić information content (AvgIpc) is 2.76. The van der Waals surface area contributed by atoms with Gasteiger partial charge in [0.05, 0.1) is 19.7 Å². The van der Waals surface area contributed by atoms with Gasteiger partial charge in [-0.15, -0.1) is 0 Å². The van der Waals surface area contributed by atoms with Crippen LogP contribution in [-0.2, 0) is 45.8 Å². The van der Waals surface area contributed by atoms with E-state index in [4.69, 9.17) is 28.9 Å². The second-order valence-corrected chi connectivity index (χ2v) is 9.42. The highest BCUT2D eigenvalue weighted by atomic mass is 31.3. The molecule has 6 unspecified atom stereocenters. The molecule has 158 valence electrons. The van der Waals surface area contributed by atoms with Gasteiger partial charge in [-0.25, -0.2) is 18.5 Å². The number of phosphoric ester groups is 1. The van der Waals surface area contributed by atoms with Gasteiger partial charge in [0.2, 0.25) is 0 Å². The lowest BCUT2D eigenvalue weighted by Gasteiger charge is -2.23. The maximum atomic E-state index is 11.7. The van der Waals surface area contributed by atoms with E-state index in [0.29, 0.717) is 0 Å². The van der Waals surface area contributed by atoms with E-state index >= 15 is 0 Å². The molecule has 1 heterocycles. The lowest BCUT2D eigenvalue weighted by atomic mass is 9.93. The van der Waals surface area contributed by atoms with Crippen molar-refractivity contribution in [2.45, 2.75) is 24.3 Å². The van der Waals surface area contributed by atoms with Crippen LogP contribution in [0.5, 0.6) is 0 Å². The minimum Gasteiger partial charge on any atom is -0.438 e. The number of ether oxygens (including phenoxy) is 4. The van der Waals surface area contributed by atoms with Crippen LogP contribution in [0.4, 0.5) is 4.79 Å². The van der Waals surface area contributed by atoms with Crippen molar-refractivity contribution in [2.75, 3.05) is 20.8 Å². The zero-order chi connectivity index (χ0) is 21.0. The number of carbonyl (C=O) groups excluding carboxylic acids is 1. The fourth-order valence-electron chi connectivity index (χ4n) is 2.14. The molecule has 0 aromatic heterocycles. The minimum absolute atomic E-state index is 0.640. The second-order valence-electron chi connectivity index (χ2n) is 5.00. The third kappa shape index (κ3) is 8.28. The molecule has 1 aliphatic rings. The van der Waals surface area contributed by atoms with Crippen molar-refractivity contribution in [1.29, 1.82) is 0 Å². The fraction of sp³-hybridized carbons (Fsp3) is 0.875. The Labute approximate surface area is 153 Å². The average molecular weight is 458 g/mol. The van der Waals surface area contributed by atoms with Crippen LogP contribution < -0.4 is 0 Å². The molecule has 1 rings (SSSR count). The molecule has 0 amide bonds. The summed E-state index contributed by atoms with van der Waals surface area (Å²) in [5.41, 5.74) is 0. The Morgan fingerprint density at radius 3 is 2.11 bits per heavy atom. The molecule has 0 aromatic rings. The van der Waals surface area contributed by atoms with Gasteiger partial charge in [0.1, 0.15) is 20.1 Å². The van der Waals surface area contributed by atoms with Crippen molar-refractivity contribution in [3.05, 3.63) is 0 Å². The van der Waals surface area contributed by atoms with Gasteiger partial charge in [-0.1, -0.05) is 0 Å². The van der Waals surface area contributed by atoms with Crippen LogP contribution in [-0.4, -0.2) is 78.7 Å². The van der Waals surface area contributed by atoms with E-state index in [2.05, 4.69) is 17.9 Å². The summed E-state index contributed by atoms with van der Waals surface area (Å²) in [6.45, 7) is -0.796. The van der Waals surface area contributed by atoms with Gasteiger partial charge in [-0.05, 0) is 0 Å². The number of carbonyl (C=O) groups is 1. The fourth-order valence-corrected chi connectivity index (χ4v) is 5.17. The Balaban J connectivity index is 2.78. The minimum atomic E-state index is -5.64. The first-order valence-electron chi connectivity index (χ1n) is 6.91. The highest BCUT2D eigenvalue weighted by molar-refractivity contribution is 7.66. The van der Waals surface area contributed by atoms with Gasteiger partial charge in [-0.3, -0.25) is 4.52 Å². The summed E-state index contributed by atoms with van der Waals surface area (Å²) in [5.74, 6) is 0. The SMILES string of the molecule is BC1OC(COP(=O)(O)OP(=O)(O)OP(=O)(O)O)C(OC(=O)OC)C1OC. The van der Waals surface area contributed by atoms with E-state index in [-0.39, 0.29) is 0 Å². The Morgan fingerprint density at radius 1 is 1.04 bits per heavy atom. The van der Waals surface area contributed by atoms with Crippen LogP contribution in [0.1, 0.15) is 0 Å². The van der Waals surface area contributed by atoms with Gasteiger partial charge in [0.25, 0.3) is 0 Å². The van der Waals surface area contributed by atoms with Crippen LogP contribution in [0.2, 0.25) is 0 Å².